The molecule has 0 radical (unpaired) electrons. The normalized spacial score (nSPS) is 10.8. The van der Waals surface area contributed by atoms with Crippen molar-refractivity contribution in [1.82, 2.24) is 14.5 Å². The van der Waals surface area contributed by atoms with E-state index < -0.39 is 0 Å². The summed E-state index contributed by atoms with van der Waals surface area (Å²) in [7, 11) is 0. The molecule has 1 amide bonds. The SMILES string of the molecule is CSc1cccc(C(=O)N(CCCn2ccnc2)c2nc3c(C)ccc(Cl)c3s2)c1.Cl. The number of rotatable bonds is 7. The second-order valence-electron chi connectivity index (χ2n) is 6.88. The highest BCUT2D eigenvalue weighted by atomic mass is 35.5. The van der Waals surface area contributed by atoms with E-state index >= 15 is 0 Å². The fourth-order valence-electron chi connectivity index (χ4n) is 3.23. The van der Waals surface area contributed by atoms with Gasteiger partial charge in [-0.25, -0.2) is 9.97 Å². The second-order valence-corrected chi connectivity index (χ2v) is 9.15. The Morgan fingerprint density at radius 1 is 1.29 bits per heavy atom. The molecule has 0 aliphatic rings. The number of nitrogens with zero attached hydrogens (tertiary/aromatic N) is 4. The van der Waals surface area contributed by atoms with E-state index in [1.54, 1.807) is 29.2 Å². The van der Waals surface area contributed by atoms with Gasteiger partial charge in [-0.15, -0.1) is 24.2 Å². The van der Waals surface area contributed by atoms with Gasteiger partial charge in [0.1, 0.15) is 0 Å². The van der Waals surface area contributed by atoms with Crippen molar-refractivity contribution in [3.63, 3.8) is 0 Å². The lowest BCUT2D eigenvalue weighted by molar-refractivity contribution is 0.0986. The molecule has 31 heavy (non-hydrogen) atoms. The third-order valence-corrected chi connectivity index (χ3v) is 7.10. The van der Waals surface area contributed by atoms with Gasteiger partial charge in [-0.2, -0.15) is 0 Å². The highest BCUT2D eigenvalue weighted by Gasteiger charge is 2.22. The Hall–Kier alpha value is -2.06. The molecule has 2 heterocycles. The minimum absolute atomic E-state index is 0. The number of hydrogen-bond acceptors (Lipinski definition) is 5. The minimum atomic E-state index is -0.0515. The number of anilines is 1. The summed E-state index contributed by atoms with van der Waals surface area (Å²) in [6, 6.07) is 11.6. The van der Waals surface area contributed by atoms with Gasteiger partial charge >= 0.3 is 0 Å². The van der Waals surface area contributed by atoms with Crippen LogP contribution in [0.3, 0.4) is 0 Å². The number of thiazole rings is 1. The summed E-state index contributed by atoms with van der Waals surface area (Å²) in [6.07, 6.45) is 8.26. The van der Waals surface area contributed by atoms with E-state index in [0.717, 1.165) is 33.6 Å². The van der Waals surface area contributed by atoms with E-state index in [1.165, 1.54) is 11.3 Å². The number of aryl methyl sites for hydroxylation is 2. The molecule has 0 spiro atoms. The van der Waals surface area contributed by atoms with E-state index in [-0.39, 0.29) is 18.3 Å². The molecule has 0 aliphatic carbocycles. The van der Waals surface area contributed by atoms with Gasteiger partial charge in [0.05, 0.1) is 21.6 Å². The van der Waals surface area contributed by atoms with E-state index in [2.05, 4.69) is 4.98 Å². The van der Waals surface area contributed by atoms with E-state index in [4.69, 9.17) is 16.6 Å². The van der Waals surface area contributed by atoms with Crippen molar-refractivity contribution in [1.29, 1.82) is 0 Å². The molecule has 0 saturated heterocycles. The number of aromatic nitrogens is 3. The highest BCUT2D eigenvalue weighted by Crippen LogP contribution is 2.36. The van der Waals surface area contributed by atoms with Crippen LogP contribution in [0.25, 0.3) is 10.2 Å². The number of amides is 1. The molecule has 0 saturated carbocycles. The van der Waals surface area contributed by atoms with Crippen molar-refractivity contribution < 1.29 is 4.79 Å². The number of fused-ring (bicyclic) bond motifs is 1. The molecule has 5 nitrogen and oxygen atoms in total. The maximum atomic E-state index is 13.5. The Bertz CT molecular complexity index is 1140. The van der Waals surface area contributed by atoms with Crippen molar-refractivity contribution in [2.24, 2.45) is 0 Å². The van der Waals surface area contributed by atoms with Gasteiger partial charge in [-0.3, -0.25) is 9.69 Å². The number of hydrogen-bond donors (Lipinski definition) is 0. The van der Waals surface area contributed by atoms with Gasteiger partial charge in [-0.1, -0.05) is 35.1 Å². The van der Waals surface area contributed by atoms with Crippen molar-refractivity contribution in [3.05, 3.63) is 71.3 Å². The van der Waals surface area contributed by atoms with Crippen LogP contribution in [-0.2, 0) is 6.54 Å². The Balaban J connectivity index is 0.00000272. The number of thioether (sulfide) groups is 1. The number of carbonyl (C=O) groups excluding carboxylic acids is 1. The lowest BCUT2D eigenvalue weighted by atomic mass is 10.2. The first-order valence-corrected chi connectivity index (χ1v) is 12.0. The summed E-state index contributed by atoms with van der Waals surface area (Å²) in [5, 5.41) is 1.33. The Labute approximate surface area is 200 Å². The van der Waals surface area contributed by atoms with Crippen LogP contribution in [0, 0.1) is 6.92 Å². The fourth-order valence-corrected chi connectivity index (χ4v) is 5.03. The lowest BCUT2D eigenvalue weighted by Crippen LogP contribution is -2.32. The standard InChI is InChI=1S/C22H21ClN4OS2.ClH/c1-15-7-8-18(23)20-19(15)25-22(30-20)27(11-4-10-26-12-9-24-14-26)21(28)16-5-3-6-17(13-16)29-2;/h3,5-9,12-14H,4,10-11H2,1-2H3;1H. The van der Waals surface area contributed by atoms with Crippen LogP contribution in [0.1, 0.15) is 22.3 Å². The Morgan fingerprint density at radius 3 is 2.84 bits per heavy atom. The van der Waals surface area contributed by atoms with E-state index in [0.29, 0.717) is 22.3 Å². The molecule has 2 aromatic heterocycles. The van der Waals surface area contributed by atoms with Crippen molar-refractivity contribution >= 4 is 68.4 Å². The highest BCUT2D eigenvalue weighted by molar-refractivity contribution is 7.98. The summed E-state index contributed by atoms with van der Waals surface area (Å²) in [5.74, 6) is -0.0515. The number of imidazole rings is 1. The zero-order valence-corrected chi connectivity index (χ0v) is 20.3. The maximum Gasteiger partial charge on any atom is 0.260 e. The van der Waals surface area contributed by atoms with Crippen LogP contribution < -0.4 is 4.90 Å². The van der Waals surface area contributed by atoms with E-state index in [1.807, 2.05) is 60.3 Å². The summed E-state index contributed by atoms with van der Waals surface area (Å²) in [5.41, 5.74) is 2.56. The smallest absolute Gasteiger partial charge is 0.260 e. The first kappa shape index (κ1) is 23.6. The van der Waals surface area contributed by atoms with Gasteiger partial charge in [0, 0.05) is 35.9 Å². The molecular weight excluding hydrogens is 471 g/mol. The molecule has 0 aliphatic heterocycles. The third-order valence-electron chi connectivity index (χ3n) is 4.84. The van der Waals surface area contributed by atoms with Gasteiger partial charge in [0.25, 0.3) is 5.91 Å². The molecule has 4 rings (SSSR count). The van der Waals surface area contributed by atoms with Crippen LogP contribution >= 0.6 is 47.1 Å². The predicted octanol–water partition coefficient (Wildman–Crippen LogP) is 6.34. The lowest BCUT2D eigenvalue weighted by Gasteiger charge is -2.20. The molecule has 0 atom stereocenters. The molecule has 0 unspecified atom stereocenters. The largest absolute Gasteiger partial charge is 0.337 e. The molecule has 2 aromatic carbocycles. The summed E-state index contributed by atoms with van der Waals surface area (Å²) >= 11 is 9.49. The van der Waals surface area contributed by atoms with Crippen LogP contribution in [0.4, 0.5) is 5.13 Å². The van der Waals surface area contributed by atoms with E-state index in [9.17, 15) is 4.79 Å². The number of halogens is 2. The zero-order chi connectivity index (χ0) is 21.1. The first-order valence-electron chi connectivity index (χ1n) is 9.54. The molecule has 4 aromatic rings. The quantitative estimate of drug-likeness (QED) is 0.282. The molecular formula is C22H22Cl2N4OS2. The van der Waals surface area contributed by atoms with Gasteiger partial charge < -0.3 is 4.57 Å². The van der Waals surface area contributed by atoms with Crippen molar-refractivity contribution in [2.75, 3.05) is 17.7 Å². The predicted molar refractivity (Wildman–Crippen MR) is 133 cm³/mol. The first-order chi connectivity index (χ1) is 14.6. The average molecular weight is 493 g/mol. The topological polar surface area (TPSA) is 51.0 Å². The number of benzene rings is 2. The average Bonchev–Trinajstić information content (AvgIpc) is 3.44. The maximum absolute atomic E-state index is 13.5. The summed E-state index contributed by atoms with van der Waals surface area (Å²) in [4.78, 5) is 25.2. The Morgan fingerprint density at radius 2 is 2.13 bits per heavy atom. The van der Waals surface area contributed by atoms with Crippen molar-refractivity contribution in [3.8, 4) is 0 Å². The zero-order valence-electron chi connectivity index (χ0n) is 17.1. The number of carbonyl (C=O) groups is 1. The minimum Gasteiger partial charge on any atom is -0.337 e. The van der Waals surface area contributed by atoms with Crippen LogP contribution in [0.15, 0.2) is 60.0 Å². The Kier molecular flexibility index (Phi) is 8.00. The van der Waals surface area contributed by atoms with Gasteiger partial charge in [0.15, 0.2) is 5.13 Å². The summed E-state index contributed by atoms with van der Waals surface area (Å²) in [6.45, 7) is 3.34. The van der Waals surface area contributed by atoms with Gasteiger partial charge in [-0.05, 0) is 49.4 Å². The molecule has 0 bridgehead atoms. The van der Waals surface area contributed by atoms with Crippen molar-refractivity contribution in [2.45, 2.75) is 24.8 Å². The van der Waals surface area contributed by atoms with Crippen LogP contribution in [0.2, 0.25) is 5.02 Å². The molecule has 9 heteroatoms. The second kappa shape index (κ2) is 10.5. The monoisotopic (exact) mass is 492 g/mol. The summed E-state index contributed by atoms with van der Waals surface area (Å²) < 4.78 is 2.92. The third kappa shape index (κ3) is 5.23. The molecule has 0 N–H and O–H groups in total. The van der Waals surface area contributed by atoms with Gasteiger partial charge in [0.2, 0.25) is 0 Å². The molecule has 162 valence electrons. The van der Waals surface area contributed by atoms with Crippen LogP contribution in [0.5, 0.6) is 0 Å². The molecule has 0 fully saturated rings. The van der Waals surface area contributed by atoms with Crippen LogP contribution in [-0.4, -0.2) is 33.2 Å². The fraction of sp³-hybridized carbons (Fsp3) is 0.227.